The summed E-state index contributed by atoms with van der Waals surface area (Å²) < 4.78 is 2.38. The summed E-state index contributed by atoms with van der Waals surface area (Å²) in [5, 5.41) is 18.9. The van der Waals surface area contributed by atoms with Crippen LogP contribution in [0.3, 0.4) is 0 Å². The van der Waals surface area contributed by atoms with Gasteiger partial charge in [0.05, 0.1) is 31.2 Å². The van der Waals surface area contributed by atoms with Gasteiger partial charge in [-0.15, -0.1) is 0 Å². The Balaban J connectivity index is 0.000000189. The van der Waals surface area contributed by atoms with Gasteiger partial charge in [0.25, 0.3) is 6.04 Å². The van der Waals surface area contributed by atoms with Gasteiger partial charge in [0, 0.05) is 20.4 Å². The maximum absolute atomic E-state index is 7.35. The summed E-state index contributed by atoms with van der Waals surface area (Å²) in [7, 11) is -1.78. The Morgan fingerprint density at radius 3 is 0.617 bits per heavy atom. The third-order valence-corrected chi connectivity index (χ3v) is 29.0. The van der Waals surface area contributed by atoms with Crippen LogP contribution in [0.25, 0.3) is 9.69 Å². The molecule has 0 bridgehead atoms. The van der Waals surface area contributed by atoms with Crippen LogP contribution >= 0.6 is 126 Å². The minimum atomic E-state index is -0.594. The molecule has 4 nitrogen and oxygen atoms in total. The molecule has 0 amide bonds. The van der Waals surface area contributed by atoms with Crippen LogP contribution in [0.2, 0.25) is 20.1 Å². The largest absolute Gasteiger partial charge is 1.00 e. The van der Waals surface area contributed by atoms with Gasteiger partial charge < -0.3 is 11.1 Å². The van der Waals surface area contributed by atoms with Crippen LogP contribution in [0, 0.1) is 13.1 Å². The molecule has 0 saturated carbocycles. The van der Waals surface area contributed by atoms with E-state index >= 15 is 0 Å². The molecule has 1 unspecified atom stereocenters. The Bertz CT molecular complexity index is 4620. The Hall–Kier alpha value is -7.66. The fourth-order valence-corrected chi connectivity index (χ4v) is 23.1. The number of nitrogens with zero attached hydrogens (tertiary/aromatic N) is 4. The minimum Gasteiger partial charge on any atom is -1.00 e. The van der Waals surface area contributed by atoms with Crippen molar-refractivity contribution in [1.29, 1.82) is 0 Å². The first-order valence-corrected chi connectivity index (χ1v) is 45.0. The minimum absolute atomic E-state index is 0. The Kier molecular flexibility index (Phi) is 42.2. The molecular formula is C98H76Br3Cl4N4NaP4Pd. The summed E-state index contributed by atoms with van der Waals surface area (Å²) in [4.78, 5) is 15.1. The number of benzene rings is 14. The average molecular weight is 1940 g/mol. The summed E-state index contributed by atoms with van der Waals surface area (Å²) >= 11 is 33.5. The van der Waals surface area contributed by atoms with Crippen LogP contribution in [0.4, 0.5) is 0 Å². The number of halogens is 7. The van der Waals surface area contributed by atoms with Crippen molar-refractivity contribution >= 4 is 190 Å². The molecule has 2 heterocycles. The van der Waals surface area contributed by atoms with Crippen LogP contribution in [0.1, 0.15) is 24.3 Å². The van der Waals surface area contributed by atoms with Crippen molar-refractivity contribution < 1.29 is 51.4 Å². The van der Waals surface area contributed by atoms with E-state index in [0.29, 0.717) is 41.5 Å². The predicted octanol–water partition coefficient (Wildman–Crippen LogP) is 22.1. The topological polar surface area (TPSA) is 34.5 Å². The third-order valence-electron chi connectivity index (χ3n) is 16.6. The fraction of sp³-hybridized carbons (Fsp3) is 0.0204. The molecule has 1 atom stereocenters. The first kappa shape index (κ1) is 92.8. The quantitative estimate of drug-likeness (QED) is 0.0444. The zero-order valence-electron chi connectivity index (χ0n) is 63.4. The van der Waals surface area contributed by atoms with Gasteiger partial charge in [-0.25, -0.2) is 23.1 Å². The standard InChI is InChI=1S/4C18H15P.C13H7BrCl2N2.C8H5Cl2N.C5H3Br2N.Na.Pd.H/c4*1-4-10-16(11-5-1)19(17-12-6-2-7-13-17)18-14-8-3-9-15-18;1-17-13(10-6-3-7-11(14)18-10)12-8(15)4-2-5-9(12)16;1-11-5-6-7(9)3-2-4-8(6)10;6-4-2-1-3-5(7)8-4;;;/h4*1-15H;2-7,13H;2-4H,5H2;1-3H;;;/q;;;;;;;+1;;-1. The van der Waals surface area contributed by atoms with Crippen LogP contribution in [0.15, 0.2) is 451 Å². The van der Waals surface area contributed by atoms with Crippen molar-refractivity contribution in [1.82, 2.24) is 9.97 Å². The second-order valence-corrected chi connectivity index (χ2v) is 37.2. The Morgan fingerprint density at radius 1 is 0.261 bits per heavy atom. The van der Waals surface area contributed by atoms with Crippen LogP contribution in [0.5, 0.6) is 0 Å². The molecule has 115 heavy (non-hydrogen) atoms. The van der Waals surface area contributed by atoms with E-state index < -0.39 is 37.7 Å². The number of rotatable bonds is 15. The van der Waals surface area contributed by atoms with Crippen LogP contribution in [-0.4, -0.2) is 9.97 Å². The van der Waals surface area contributed by atoms with E-state index in [2.05, 4.69) is 431 Å². The maximum Gasteiger partial charge on any atom is 1.00 e. The molecule has 0 spiro atoms. The van der Waals surface area contributed by atoms with Crippen molar-refractivity contribution in [2.45, 2.75) is 12.6 Å². The third kappa shape index (κ3) is 29.7. The van der Waals surface area contributed by atoms with E-state index in [0.717, 1.165) is 9.21 Å². The van der Waals surface area contributed by atoms with E-state index in [1.807, 2.05) is 24.3 Å². The molecule has 0 saturated heterocycles. The van der Waals surface area contributed by atoms with Gasteiger partial charge in [-0.3, -0.25) is 0 Å². The Morgan fingerprint density at radius 2 is 0.443 bits per heavy atom. The Labute approximate surface area is 765 Å². The molecule has 0 radical (unpaired) electrons. The second kappa shape index (κ2) is 52.2. The monoisotopic (exact) mass is 1940 g/mol. The summed E-state index contributed by atoms with van der Waals surface area (Å²) in [5.74, 6) is 0. The maximum atomic E-state index is 7.35. The van der Waals surface area contributed by atoms with Crippen LogP contribution < -0.4 is 93.2 Å². The van der Waals surface area contributed by atoms with Crippen molar-refractivity contribution in [3.05, 3.63) is 510 Å². The molecule has 16 aromatic rings. The molecule has 0 N–H and O–H groups in total. The first-order chi connectivity index (χ1) is 55.5. The summed E-state index contributed by atoms with van der Waals surface area (Å²) in [6.07, 6.45) is 0. The zero-order valence-corrected chi connectivity index (χ0v) is 77.3. The molecule has 0 aliphatic carbocycles. The van der Waals surface area contributed by atoms with Crippen molar-refractivity contribution in [3.63, 3.8) is 0 Å². The second-order valence-electron chi connectivity index (χ2n) is 24.2. The van der Waals surface area contributed by atoms with Crippen molar-refractivity contribution in [2.75, 3.05) is 0 Å². The summed E-state index contributed by atoms with van der Waals surface area (Å²) in [6.45, 7) is 14.2. The summed E-state index contributed by atoms with van der Waals surface area (Å²) in [5.41, 5.74) is 1.93. The van der Waals surface area contributed by atoms with Gasteiger partial charge in [0.2, 0.25) is 6.54 Å². The number of aromatic nitrogens is 2. The molecule has 14 aromatic carbocycles. The summed E-state index contributed by atoms with van der Waals surface area (Å²) in [6, 6.07) is 150. The van der Waals surface area contributed by atoms with E-state index in [1.54, 1.807) is 48.5 Å². The molecule has 568 valence electrons. The molecule has 16 rings (SSSR count). The van der Waals surface area contributed by atoms with E-state index in [4.69, 9.17) is 59.5 Å². The number of hydrogen-bond acceptors (Lipinski definition) is 2. The normalized spacial score (nSPS) is 10.4. The van der Waals surface area contributed by atoms with E-state index in [9.17, 15) is 0 Å². The average Bonchev–Trinajstić information content (AvgIpc) is 0.806. The zero-order chi connectivity index (χ0) is 79.0. The SMILES string of the molecule is Brc1cccc(Br)n1.[C-]#[N+]C(c1cccc(Br)n1)c1c(Cl)cccc1Cl.[C-]#[N+]Cc1c(Cl)cccc1Cl.[H-].[Na+].[Pd].c1ccc(P(c2ccccc2)c2ccccc2)cc1.c1ccc(P(c2ccccc2)c2ccccc2)cc1.c1ccc(P(c2ccccc2)c2ccccc2)cc1.c1ccc(P(c2ccccc2)c2ccccc2)cc1. The van der Waals surface area contributed by atoms with Gasteiger partial charge in [-0.2, -0.15) is 0 Å². The van der Waals surface area contributed by atoms with Crippen LogP contribution in [-0.2, 0) is 27.0 Å². The number of pyridine rings is 2. The molecule has 0 aliphatic rings. The van der Waals surface area contributed by atoms with E-state index in [1.165, 1.54) is 63.7 Å². The van der Waals surface area contributed by atoms with Crippen molar-refractivity contribution in [2.24, 2.45) is 0 Å². The molecule has 2 aromatic heterocycles. The molecule has 0 fully saturated rings. The van der Waals surface area contributed by atoms with Gasteiger partial charge in [-0.05, 0) is 192 Å². The van der Waals surface area contributed by atoms with Gasteiger partial charge >= 0.3 is 29.6 Å². The van der Waals surface area contributed by atoms with Crippen molar-refractivity contribution in [3.8, 4) is 0 Å². The van der Waals surface area contributed by atoms with E-state index in [-0.39, 0.29) is 58.0 Å². The van der Waals surface area contributed by atoms with Gasteiger partial charge in [-0.1, -0.05) is 435 Å². The molecule has 0 aliphatic heterocycles. The van der Waals surface area contributed by atoms with Gasteiger partial charge in [0.1, 0.15) is 19.5 Å². The smallest absolute Gasteiger partial charge is 1.00 e. The number of hydrogen-bond donors (Lipinski definition) is 0. The fourth-order valence-electron chi connectivity index (χ4n) is 11.5. The first-order valence-electron chi connectivity index (χ1n) is 35.8. The predicted molar refractivity (Wildman–Crippen MR) is 505 cm³/mol. The molecular weight excluding hydrogens is 1870 g/mol. The molecule has 17 heteroatoms. The van der Waals surface area contributed by atoms with Gasteiger partial charge in [0.15, 0.2) is 0 Å².